The summed E-state index contributed by atoms with van der Waals surface area (Å²) in [5, 5.41) is 0. The van der Waals surface area contributed by atoms with Crippen LogP contribution in [0.2, 0.25) is 0 Å². The van der Waals surface area contributed by atoms with Crippen LogP contribution in [-0.2, 0) is 9.47 Å². The smallest absolute Gasteiger partial charge is 0.410 e. The Morgan fingerprint density at radius 2 is 2.05 bits per heavy atom. The molecule has 0 radical (unpaired) electrons. The zero-order chi connectivity index (χ0) is 16.2. The standard InChI is InChI=1S/C16H22BrNO4/c1-16(2,3)22-15(19)18-8-9-20-14(10-18)11-21-13-6-4-12(17)5-7-13/h4-7,14H,8-11H2,1-3H3/t14-/m0/s1. The van der Waals surface area contributed by atoms with Gasteiger partial charge in [-0.15, -0.1) is 0 Å². The lowest BCUT2D eigenvalue weighted by Crippen LogP contribution is -2.49. The molecule has 2 rings (SSSR count). The van der Waals surface area contributed by atoms with Crippen molar-refractivity contribution in [2.75, 3.05) is 26.3 Å². The molecule has 1 heterocycles. The third-order valence-corrected chi connectivity index (χ3v) is 3.57. The van der Waals surface area contributed by atoms with E-state index in [9.17, 15) is 4.79 Å². The Bertz CT molecular complexity index is 498. The Labute approximate surface area is 139 Å². The Kier molecular flexibility index (Phi) is 5.69. The van der Waals surface area contributed by atoms with Crippen LogP contribution in [-0.4, -0.2) is 49.0 Å². The zero-order valence-electron chi connectivity index (χ0n) is 13.2. The maximum absolute atomic E-state index is 12.1. The van der Waals surface area contributed by atoms with Crippen LogP contribution in [0.4, 0.5) is 4.79 Å². The average Bonchev–Trinajstić information content (AvgIpc) is 2.45. The van der Waals surface area contributed by atoms with Gasteiger partial charge < -0.3 is 19.1 Å². The van der Waals surface area contributed by atoms with Crippen molar-refractivity contribution < 1.29 is 19.0 Å². The summed E-state index contributed by atoms with van der Waals surface area (Å²) in [6, 6.07) is 7.62. The molecule has 1 aliphatic rings. The molecule has 1 aliphatic heterocycles. The van der Waals surface area contributed by atoms with Crippen molar-refractivity contribution in [1.82, 2.24) is 4.90 Å². The van der Waals surface area contributed by atoms with Crippen LogP contribution < -0.4 is 4.74 Å². The molecule has 0 spiro atoms. The molecule has 6 heteroatoms. The van der Waals surface area contributed by atoms with Crippen molar-refractivity contribution in [2.24, 2.45) is 0 Å². The lowest BCUT2D eigenvalue weighted by Gasteiger charge is -2.34. The van der Waals surface area contributed by atoms with Crippen molar-refractivity contribution in [1.29, 1.82) is 0 Å². The average molecular weight is 372 g/mol. The van der Waals surface area contributed by atoms with Crippen LogP contribution in [0.25, 0.3) is 0 Å². The van der Waals surface area contributed by atoms with E-state index in [0.717, 1.165) is 10.2 Å². The maximum atomic E-state index is 12.1. The van der Waals surface area contributed by atoms with Gasteiger partial charge in [0.15, 0.2) is 0 Å². The zero-order valence-corrected chi connectivity index (χ0v) is 14.8. The van der Waals surface area contributed by atoms with Gasteiger partial charge in [-0.05, 0) is 45.0 Å². The molecular formula is C16H22BrNO4. The molecule has 0 bridgehead atoms. The van der Waals surface area contributed by atoms with E-state index in [2.05, 4.69) is 15.9 Å². The fourth-order valence-corrected chi connectivity index (χ4v) is 2.30. The van der Waals surface area contributed by atoms with Gasteiger partial charge in [-0.3, -0.25) is 0 Å². The second kappa shape index (κ2) is 7.33. The summed E-state index contributed by atoms with van der Waals surface area (Å²) in [7, 11) is 0. The first-order valence-corrected chi connectivity index (χ1v) is 8.11. The number of nitrogens with zero attached hydrogens (tertiary/aromatic N) is 1. The number of carbonyl (C=O) groups is 1. The van der Waals surface area contributed by atoms with E-state index in [1.54, 1.807) is 4.90 Å². The van der Waals surface area contributed by atoms with Gasteiger partial charge in [0.05, 0.1) is 13.2 Å². The number of benzene rings is 1. The Morgan fingerprint density at radius 1 is 1.36 bits per heavy atom. The monoisotopic (exact) mass is 371 g/mol. The Morgan fingerprint density at radius 3 is 2.68 bits per heavy atom. The molecule has 0 aromatic heterocycles. The highest BCUT2D eigenvalue weighted by Crippen LogP contribution is 2.18. The molecule has 122 valence electrons. The lowest BCUT2D eigenvalue weighted by atomic mass is 10.2. The summed E-state index contributed by atoms with van der Waals surface area (Å²) in [6.07, 6.45) is -0.450. The number of amides is 1. The highest BCUT2D eigenvalue weighted by Gasteiger charge is 2.28. The summed E-state index contributed by atoms with van der Waals surface area (Å²) in [6.45, 7) is 7.50. The van der Waals surface area contributed by atoms with Gasteiger partial charge in [0.25, 0.3) is 0 Å². The largest absolute Gasteiger partial charge is 0.491 e. The summed E-state index contributed by atoms with van der Waals surface area (Å²) in [4.78, 5) is 13.7. The third-order valence-electron chi connectivity index (χ3n) is 3.04. The van der Waals surface area contributed by atoms with Gasteiger partial charge in [0.1, 0.15) is 24.1 Å². The molecule has 1 amide bonds. The fraction of sp³-hybridized carbons (Fsp3) is 0.562. The van der Waals surface area contributed by atoms with Gasteiger partial charge in [-0.25, -0.2) is 4.79 Å². The lowest BCUT2D eigenvalue weighted by molar-refractivity contribution is -0.0557. The minimum absolute atomic E-state index is 0.148. The number of ether oxygens (including phenoxy) is 3. The van der Waals surface area contributed by atoms with Crippen molar-refractivity contribution in [3.05, 3.63) is 28.7 Å². The van der Waals surface area contributed by atoms with E-state index < -0.39 is 5.60 Å². The molecule has 1 saturated heterocycles. The molecule has 1 aromatic rings. The number of halogens is 1. The quantitative estimate of drug-likeness (QED) is 0.815. The van der Waals surface area contributed by atoms with E-state index in [0.29, 0.717) is 26.3 Å². The number of morpholine rings is 1. The number of hydrogen-bond donors (Lipinski definition) is 0. The first-order chi connectivity index (χ1) is 10.3. The molecular weight excluding hydrogens is 350 g/mol. The summed E-state index contributed by atoms with van der Waals surface area (Å²) >= 11 is 3.38. The minimum Gasteiger partial charge on any atom is -0.491 e. The van der Waals surface area contributed by atoms with Crippen LogP contribution in [0.3, 0.4) is 0 Å². The highest BCUT2D eigenvalue weighted by molar-refractivity contribution is 9.10. The normalized spacial score (nSPS) is 18.9. The van der Waals surface area contributed by atoms with Crippen LogP contribution in [0, 0.1) is 0 Å². The second-order valence-electron chi connectivity index (χ2n) is 6.18. The van der Waals surface area contributed by atoms with Crippen LogP contribution in [0.1, 0.15) is 20.8 Å². The Hall–Kier alpha value is -1.27. The van der Waals surface area contributed by atoms with Gasteiger partial charge >= 0.3 is 6.09 Å². The molecule has 22 heavy (non-hydrogen) atoms. The van der Waals surface area contributed by atoms with Crippen molar-refractivity contribution in [2.45, 2.75) is 32.5 Å². The Balaban J connectivity index is 1.82. The molecule has 5 nitrogen and oxygen atoms in total. The van der Waals surface area contributed by atoms with E-state index in [-0.39, 0.29) is 12.2 Å². The summed E-state index contributed by atoms with van der Waals surface area (Å²) in [5.41, 5.74) is -0.487. The third kappa shape index (κ3) is 5.50. The summed E-state index contributed by atoms with van der Waals surface area (Å²) < 4.78 is 17.7. The molecule has 1 fully saturated rings. The first-order valence-electron chi connectivity index (χ1n) is 7.31. The molecule has 0 unspecified atom stereocenters. The molecule has 1 aromatic carbocycles. The number of hydrogen-bond acceptors (Lipinski definition) is 4. The topological polar surface area (TPSA) is 48.0 Å². The van der Waals surface area contributed by atoms with Crippen LogP contribution >= 0.6 is 15.9 Å². The van der Waals surface area contributed by atoms with Crippen molar-refractivity contribution >= 4 is 22.0 Å². The maximum Gasteiger partial charge on any atom is 0.410 e. The SMILES string of the molecule is CC(C)(C)OC(=O)N1CCO[C@H](COc2ccc(Br)cc2)C1. The predicted molar refractivity (Wildman–Crippen MR) is 87.2 cm³/mol. The van der Waals surface area contributed by atoms with Gasteiger partial charge in [-0.1, -0.05) is 15.9 Å². The van der Waals surface area contributed by atoms with E-state index >= 15 is 0 Å². The van der Waals surface area contributed by atoms with Crippen LogP contribution in [0.5, 0.6) is 5.75 Å². The number of carbonyl (C=O) groups excluding carboxylic acids is 1. The highest BCUT2D eigenvalue weighted by atomic mass is 79.9. The number of rotatable bonds is 3. The van der Waals surface area contributed by atoms with Gasteiger partial charge in [0, 0.05) is 11.0 Å². The predicted octanol–water partition coefficient (Wildman–Crippen LogP) is 3.46. The van der Waals surface area contributed by atoms with Gasteiger partial charge in [0.2, 0.25) is 0 Å². The van der Waals surface area contributed by atoms with Crippen LogP contribution in [0.15, 0.2) is 28.7 Å². The van der Waals surface area contributed by atoms with E-state index in [1.165, 1.54) is 0 Å². The fourth-order valence-electron chi connectivity index (χ4n) is 2.03. The molecule has 0 N–H and O–H groups in total. The van der Waals surface area contributed by atoms with Gasteiger partial charge in [-0.2, -0.15) is 0 Å². The van der Waals surface area contributed by atoms with E-state index in [1.807, 2.05) is 45.0 Å². The summed E-state index contributed by atoms with van der Waals surface area (Å²) in [5.74, 6) is 0.779. The van der Waals surface area contributed by atoms with E-state index in [4.69, 9.17) is 14.2 Å². The molecule has 0 aliphatic carbocycles. The molecule has 0 saturated carbocycles. The first kappa shape index (κ1) is 17.1. The second-order valence-corrected chi connectivity index (χ2v) is 7.10. The minimum atomic E-state index is -0.487. The van der Waals surface area contributed by atoms with Crippen molar-refractivity contribution in [3.8, 4) is 5.75 Å². The van der Waals surface area contributed by atoms with Crippen molar-refractivity contribution in [3.63, 3.8) is 0 Å². The molecule has 1 atom stereocenters.